The molecule has 0 saturated carbocycles. The van der Waals surface area contributed by atoms with Gasteiger partial charge in [-0.2, -0.15) is 0 Å². The molecule has 1 atom stereocenters. The van der Waals surface area contributed by atoms with Gasteiger partial charge < -0.3 is 10.6 Å². The summed E-state index contributed by atoms with van der Waals surface area (Å²) in [5, 5.41) is 7.11. The van der Waals surface area contributed by atoms with Gasteiger partial charge in [0.25, 0.3) is 0 Å². The lowest BCUT2D eigenvalue weighted by atomic mass is 9.98. The monoisotopic (exact) mass is 239 g/mol. The van der Waals surface area contributed by atoms with Crippen LogP contribution in [0.2, 0.25) is 0 Å². The number of hydrogen-bond donors (Lipinski definition) is 2. The second-order valence-electron chi connectivity index (χ2n) is 5.80. The molecule has 0 radical (unpaired) electrons. The molecule has 2 rings (SSSR count). The molecule has 3 heteroatoms. The molecule has 0 aromatic heterocycles. The van der Waals surface area contributed by atoms with E-state index >= 15 is 0 Å². The topological polar surface area (TPSA) is 27.3 Å². The third kappa shape index (κ3) is 4.57. The molecule has 0 amide bonds. The maximum Gasteiger partial charge on any atom is 0.0192 e. The number of nitrogens with zero attached hydrogens (tertiary/aromatic N) is 1. The van der Waals surface area contributed by atoms with Gasteiger partial charge in [-0.1, -0.05) is 6.42 Å². The highest BCUT2D eigenvalue weighted by atomic mass is 15.2. The molecular formula is C14H29N3. The Balaban J connectivity index is 1.57. The van der Waals surface area contributed by atoms with Crippen LogP contribution >= 0.6 is 0 Å². The van der Waals surface area contributed by atoms with Gasteiger partial charge in [0.05, 0.1) is 0 Å². The summed E-state index contributed by atoms with van der Waals surface area (Å²) in [4.78, 5) is 2.65. The van der Waals surface area contributed by atoms with E-state index in [1.807, 2.05) is 0 Å². The number of piperidine rings is 2. The first-order valence-electron chi connectivity index (χ1n) is 7.52. The van der Waals surface area contributed by atoms with Crippen LogP contribution in [0.4, 0.5) is 0 Å². The van der Waals surface area contributed by atoms with Crippen molar-refractivity contribution in [3.8, 4) is 0 Å². The molecule has 2 fully saturated rings. The van der Waals surface area contributed by atoms with E-state index in [1.165, 1.54) is 71.4 Å². The van der Waals surface area contributed by atoms with Crippen molar-refractivity contribution in [3.05, 3.63) is 0 Å². The van der Waals surface area contributed by atoms with Crippen LogP contribution in [0.15, 0.2) is 0 Å². The lowest BCUT2D eigenvalue weighted by molar-refractivity contribution is 0.169. The Labute approximate surface area is 106 Å². The average Bonchev–Trinajstić information content (AvgIpc) is 2.41. The Morgan fingerprint density at radius 1 is 1.18 bits per heavy atom. The van der Waals surface area contributed by atoms with E-state index in [0.717, 1.165) is 12.0 Å². The summed E-state index contributed by atoms with van der Waals surface area (Å²) in [6.07, 6.45) is 6.94. The molecule has 2 aliphatic rings. The maximum absolute atomic E-state index is 3.68. The molecule has 3 nitrogen and oxygen atoms in total. The van der Waals surface area contributed by atoms with Gasteiger partial charge in [0.2, 0.25) is 0 Å². The molecule has 0 spiro atoms. The van der Waals surface area contributed by atoms with Crippen LogP contribution in [-0.2, 0) is 0 Å². The molecule has 0 bridgehead atoms. The third-order valence-electron chi connectivity index (χ3n) is 4.35. The van der Waals surface area contributed by atoms with Crippen LogP contribution in [0.3, 0.4) is 0 Å². The molecule has 2 aliphatic heterocycles. The van der Waals surface area contributed by atoms with E-state index in [2.05, 4.69) is 22.5 Å². The van der Waals surface area contributed by atoms with Gasteiger partial charge in [-0.3, -0.25) is 4.90 Å². The summed E-state index contributed by atoms with van der Waals surface area (Å²) in [6.45, 7) is 9.83. The second kappa shape index (κ2) is 7.34. The summed E-state index contributed by atoms with van der Waals surface area (Å²) >= 11 is 0. The van der Waals surface area contributed by atoms with Crippen molar-refractivity contribution in [3.63, 3.8) is 0 Å². The highest BCUT2D eigenvalue weighted by molar-refractivity contribution is 4.75. The molecule has 0 aromatic rings. The second-order valence-corrected chi connectivity index (χ2v) is 5.80. The van der Waals surface area contributed by atoms with Crippen LogP contribution < -0.4 is 10.6 Å². The SMILES string of the molecule is CC(CNCC1CCNCC1)N1CCCCC1. The lowest BCUT2D eigenvalue weighted by Gasteiger charge is -2.33. The zero-order valence-corrected chi connectivity index (χ0v) is 11.4. The third-order valence-corrected chi connectivity index (χ3v) is 4.35. The van der Waals surface area contributed by atoms with Crippen molar-refractivity contribution in [2.45, 2.75) is 45.1 Å². The van der Waals surface area contributed by atoms with Crippen molar-refractivity contribution in [1.82, 2.24) is 15.5 Å². The summed E-state index contributed by atoms with van der Waals surface area (Å²) in [5.74, 6) is 0.907. The van der Waals surface area contributed by atoms with Gasteiger partial charge in [-0.05, 0) is 71.2 Å². The number of rotatable bonds is 5. The Morgan fingerprint density at radius 2 is 1.88 bits per heavy atom. The largest absolute Gasteiger partial charge is 0.317 e. The smallest absolute Gasteiger partial charge is 0.0192 e. The van der Waals surface area contributed by atoms with Crippen LogP contribution in [0.5, 0.6) is 0 Å². The molecule has 0 aromatic carbocycles. The number of nitrogens with one attached hydrogen (secondary N) is 2. The summed E-state index contributed by atoms with van der Waals surface area (Å²) in [5.41, 5.74) is 0. The zero-order chi connectivity index (χ0) is 11.9. The quantitative estimate of drug-likeness (QED) is 0.760. The Hall–Kier alpha value is -0.120. The first-order valence-corrected chi connectivity index (χ1v) is 7.52. The minimum absolute atomic E-state index is 0.719. The van der Waals surface area contributed by atoms with Gasteiger partial charge in [-0.15, -0.1) is 0 Å². The Kier molecular flexibility index (Phi) is 5.75. The Bertz CT molecular complexity index is 196. The van der Waals surface area contributed by atoms with Gasteiger partial charge in [0, 0.05) is 12.6 Å². The normalized spacial score (nSPS) is 25.9. The molecule has 17 heavy (non-hydrogen) atoms. The fourth-order valence-corrected chi connectivity index (χ4v) is 3.07. The number of hydrogen-bond acceptors (Lipinski definition) is 3. The van der Waals surface area contributed by atoms with Crippen LogP contribution in [0.1, 0.15) is 39.0 Å². The fourth-order valence-electron chi connectivity index (χ4n) is 3.07. The van der Waals surface area contributed by atoms with Gasteiger partial charge >= 0.3 is 0 Å². The summed E-state index contributed by atoms with van der Waals surface area (Å²) in [6, 6.07) is 0.719. The predicted octanol–water partition coefficient (Wildman–Crippen LogP) is 1.45. The van der Waals surface area contributed by atoms with Crippen molar-refractivity contribution in [2.24, 2.45) is 5.92 Å². The van der Waals surface area contributed by atoms with E-state index in [0.29, 0.717) is 0 Å². The molecule has 1 unspecified atom stereocenters. The molecule has 100 valence electrons. The van der Waals surface area contributed by atoms with Gasteiger partial charge in [-0.25, -0.2) is 0 Å². The minimum atomic E-state index is 0.719. The molecule has 2 N–H and O–H groups in total. The first-order chi connectivity index (χ1) is 8.36. The molecular weight excluding hydrogens is 210 g/mol. The molecule has 2 saturated heterocycles. The van der Waals surface area contributed by atoms with E-state index in [4.69, 9.17) is 0 Å². The van der Waals surface area contributed by atoms with Gasteiger partial charge in [0.1, 0.15) is 0 Å². The van der Waals surface area contributed by atoms with Crippen molar-refractivity contribution < 1.29 is 0 Å². The molecule has 2 heterocycles. The Morgan fingerprint density at radius 3 is 2.59 bits per heavy atom. The van der Waals surface area contributed by atoms with Gasteiger partial charge in [0.15, 0.2) is 0 Å². The first kappa shape index (κ1) is 13.3. The predicted molar refractivity (Wildman–Crippen MR) is 73.3 cm³/mol. The minimum Gasteiger partial charge on any atom is -0.317 e. The van der Waals surface area contributed by atoms with Crippen molar-refractivity contribution in [1.29, 1.82) is 0 Å². The van der Waals surface area contributed by atoms with Crippen molar-refractivity contribution >= 4 is 0 Å². The summed E-state index contributed by atoms with van der Waals surface area (Å²) in [7, 11) is 0. The molecule has 0 aliphatic carbocycles. The van der Waals surface area contributed by atoms with Crippen LogP contribution in [-0.4, -0.2) is 50.2 Å². The van der Waals surface area contributed by atoms with E-state index in [-0.39, 0.29) is 0 Å². The highest BCUT2D eigenvalue weighted by Gasteiger charge is 2.17. The number of likely N-dealkylation sites (tertiary alicyclic amines) is 1. The maximum atomic E-state index is 3.68. The van der Waals surface area contributed by atoms with Crippen molar-refractivity contribution in [2.75, 3.05) is 39.3 Å². The van der Waals surface area contributed by atoms with E-state index < -0.39 is 0 Å². The zero-order valence-electron chi connectivity index (χ0n) is 11.4. The highest BCUT2D eigenvalue weighted by Crippen LogP contribution is 2.12. The fraction of sp³-hybridized carbons (Fsp3) is 1.00. The van der Waals surface area contributed by atoms with E-state index in [9.17, 15) is 0 Å². The summed E-state index contributed by atoms with van der Waals surface area (Å²) < 4.78 is 0. The van der Waals surface area contributed by atoms with Crippen LogP contribution in [0, 0.1) is 5.92 Å². The standard InChI is InChI=1S/C14H29N3/c1-13(17-9-3-2-4-10-17)11-16-12-14-5-7-15-8-6-14/h13-16H,2-12H2,1H3. The average molecular weight is 239 g/mol. The lowest BCUT2D eigenvalue weighted by Crippen LogP contribution is -2.44. The van der Waals surface area contributed by atoms with Crippen LogP contribution in [0.25, 0.3) is 0 Å². The van der Waals surface area contributed by atoms with E-state index in [1.54, 1.807) is 0 Å².